The number of methoxy groups -OCH3 is 4. The number of benzene rings is 4. The van der Waals surface area contributed by atoms with E-state index in [0.717, 1.165) is 91.8 Å². The standard InChI is InChI=1S/C24H27N5O3.C23H21N5O2/c1-4-7-29(19-10-20(31-2)13-21(11-19)32-3)18-5-6-22-23(12-18)27-24(15-25-22)17-14-26-28(16-17)8-9-30;1-5-8-28(18-9-19(29-3)12-20(10-18)30-4)17-6-7-21-22(11-17)26-23(14-24-21)16-13-25-27(2)15-16/h5-6,10-16,30H,4,7-9H2,1-3H3;1,6-7,9-15H,8H2,2-4H3. The van der Waals surface area contributed by atoms with Gasteiger partial charge in [0.1, 0.15) is 23.0 Å². The third-order valence-corrected chi connectivity index (χ3v) is 9.93. The molecule has 0 bridgehead atoms. The monoisotopic (exact) mass is 832 g/mol. The van der Waals surface area contributed by atoms with E-state index in [2.05, 4.69) is 44.0 Å². The van der Waals surface area contributed by atoms with Crippen LogP contribution in [0, 0.1) is 12.3 Å². The zero-order valence-electron chi connectivity index (χ0n) is 35.6. The van der Waals surface area contributed by atoms with Crippen LogP contribution in [0.2, 0.25) is 0 Å². The summed E-state index contributed by atoms with van der Waals surface area (Å²) < 4.78 is 25.2. The van der Waals surface area contributed by atoms with Crippen molar-refractivity contribution in [3.63, 3.8) is 0 Å². The summed E-state index contributed by atoms with van der Waals surface area (Å²) in [5.74, 6) is 5.58. The Balaban J connectivity index is 0.000000187. The lowest BCUT2D eigenvalue weighted by Gasteiger charge is -2.25. The summed E-state index contributed by atoms with van der Waals surface area (Å²) in [6, 6.07) is 23.5. The topological polar surface area (TPSA) is 151 Å². The lowest BCUT2D eigenvalue weighted by molar-refractivity contribution is 0.269. The van der Waals surface area contributed by atoms with E-state index >= 15 is 0 Å². The summed E-state index contributed by atoms with van der Waals surface area (Å²) in [7, 11) is 8.42. The van der Waals surface area contributed by atoms with Crippen LogP contribution in [0.3, 0.4) is 0 Å². The summed E-state index contributed by atoms with van der Waals surface area (Å²) in [5, 5.41) is 17.6. The maximum atomic E-state index is 9.12. The predicted octanol–water partition coefficient (Wildman–Crippen LogP) is 7.87. The molecule has 316 valence electrons. The lowest BCUT2D eigenvalue weighted by Crippen LogP contribution is -2.18. The number of terminal acetylenes is 1. The van der Waals surface area contributed by atoms with Gasteiger partial charge in [-0.25, -0.2) is 9.97 Å². The van der Waals surface area contributed by atoms with Crippen LogP contribution in [0.5, 0.6) is 23.0 Å². The number of rotatable bonds is 15. The molecule has 0 aliphatic carbocycles. The Morgan fingerprint density at radius 3 is 1.58 bits per heavy atom. The van der Waals surface area contributed by atoms with Gasteiger partial charge >= 0.3 is 0 Å². The minimum atomic E-state index is 0.0379. The molecule has 15 nitrogen and oxygen atoms in total. The van der Waals surface area contributed by atoms with Crippen molar-refractivity contribution in [3.8, 4) is 57.9 Å². The molecular formula is C47H48N10O5. The fraction of sp³-hybridized carbons (Fsp3) is 0.234. The van der Waals surface area contributed by atoms with Crippen molar-refractivity contribution in [1.29, 1.82) is 0 Å². The molecule has 4 aromatic heterocycles. The van der Waals surface area contributed by atoms with Crippen LogP contribution in [-0.2, 0) is 13.6 Å². The highest BCUT2D eigenvalue weighted by atomic mass is 16.5. The van der Waals surface area contributed by atoms with Gasteiger partial charge in [-0.05, 0) is 42.8 Å². The van der Waals surface area contributed by atoms with Gasteiger partial charge in [-0.3, -0.25) is 19.3 Å². The second kappa shape index (κ2) is 19.6. The van der Waals surface area contributed by atoms with E-state index in [1.807, 2.05) is 91.1 Å². The molecule has 0 atom stereocenters. The van der Waals surface area contributed by atoms with Crippen LogP contribution in [0.15, 0.2) is 110 Å². The van der Waals surface area contributed by atoms with E-state index in [4.69, 9.17) is 40.4 Å². The summed E-state index contributed by atoms with van der Waals surface area (Å²) in [6.07, 6.45) is 17.4. The van der Waals surface area contributed by atoms with Gasteiger partial charge in [0.05, 0.1) is 106 Å². The lowest BCUT2D eigenvalue weighted by atomic mass is 10.2. The second-order valence-corrected chi connectivity index (χ2v) is 14.1. The van der Waals surface area contributed by atoms with E-state index in [-0.39, 0.29) is 6.61 Å². The van der Waals surface area contributed by atoms with Gasteiger partial charge in [-0.1, -0.05) is 12.8 Å². The van der Waals surface area contributed by atoms with E-state index in [1.165, 1.54) is 0 Å². The Morgan fingerprint density at radius 2 is 1.11 bits per heavy atom. The van der Waals surface area contributed by atoms with Crippen molar-refractivity contribution >= 4 is 44.8 Å². The first kappa shape index (κ1) is 42.4. The molecule has 0 aliphatic heterocycles. The van der Waals surface area contributed by atoms with Gasteiger partial charge in [-0.15, -0.1) is 6.42 Å². The molecule has 0 amide bonds. The zero-order valence-corrected chi connectivity index (χ0v) is 35.6. The number of hydrogen-bond acceptors (Lipinski definition) is 13. The van der Waals surface area contributed by atoms with E-state index in [1.54, 1.807) is 62.6 Å². The highest BCUT2D eigenvalue weighted by molar-refractivity contribution is 5.84. The van der Waals surface area contributed by atoms with Gasteiger partial charge < -0.3 is 33.9 Å². The molecule has 0 unspecified atom stereocenters. The largest absolute Gasteiger partial charge is 0.497 e. The van der Waals surface area contributed by atoms with Crippen molar-refractivity contribution < 1.29 is 24.1 Å². The molecule has 0 saturated carbocycles. The molecule has 4 aromatic carbocycles. The molecule has 0 fully saturated rings. The van der Waals surface area contributed by atoms with Gasteiger partial charge in [-0.2, -0.15) is 10.2 Å². The summed E-state index contributed by atoms with van der Waals surface area (Å²) >= 11 is 0. The summed E-state index contributed by atoms with van der Waals surface area (Å²) in [5.41, 5.74) is 10.2. The average Bonchev–Trinajstić information content (AvgIpc) is 3.98. The Bertz CT molecular complexity index is 2790. The van der Waals surface area contributed by atoms with E-state index in [0.29, 0.717) is 24.6 Å². The molecule has 8 aromatic rings. The van der Waals surface area contributed by atoms with Crippen LogP contribution < -0.4 is 28.7 Å². The maximum Gasteiger partial charge on any atom is 0.124 e. The number of fused-ring (bicyclic) bond motifs is 2. The van der Waals surface area contributed by atoms with E-state index < -0.39 is 0 Å². The van der Waals surface area contributed by atoms with Gasteiger partial charge in [0.2, 0.25) is 0 Å². The first-order valence-corrected chi connectivity index (χ1v) is 19.9. The number of aliphatic hydroxyl groups excluding tert-OH is 1. The fourth-order valence-electron chi connectivity index (χ4n) is 6.84. The number of nitrogens with zero attached hydrogens (tertiary/aromatic N) is 10. The van der Waals surface area contributed by atoms with Gasteiger partial charge in [0.25, 0.3) is 0 Å². The number of aromatic nitrogens is 8. The number of anilines is 4. The predicted molar refractivity (Wildman–Crippen MR) is 242 cm³/mol. The number of aryl methyl sites for hydroxylation is 1. The molecular weight excluding hydrogens is 785 g/mol. The fourth-order valence-corrected chi connectivity index (χ4v) is 6.84. The third-order valence-electron chi connectivity index (χ3n) is 9.93. The summed E-state index contributed by atoms with van der Waals surface area (Å²) in [6.45, 7) is 3.82. The van der Waals surface area contributed by atoms with E-state index in [9.17, 15) is 0 Å². The number of ether oxygens (including phenoxy) is 4. The highest BCUT2D eigenvalue weighted by Gasteiger charge is 2.16. The van der Waals surface area contributed by atoms with Crippen molar-refractivity contribution in [1.82, 2.24) is 39.5 Å². The minimum Gasteiger partial charge on any atom is -0.497 e. The third kappa shape index (κ3) is 9.67. The highest BCUT2D eigenvalue weighted by Crippen LogP contribution is 2.36. The van der Waals surface area contributed by atoms with Gasteiger partial charge in [0, 0.05) is 96.3 Å². The zero-order chi connectivity index (χ0) is 43.6. The molecule has 62 heavy (non-hydrogen) atoms. The Hall–Kier alpha value is -7.70. The smallest absolute Gasteiger partial charge is 0.124 e. The Kier molecular flexibility index (Phi) is 13.4. The molecule has 0 saturated heterocycles. The Morgan fingerprint density at radius 1 is 0.613 bits per heavy atom. The van der Waals surface area contributed by atoms with Crippen molar-refractivity contribution in [2.24, 2.45) is 7.05 Å². The minimum absolute atomic E-state index is 0.0379. The maximum absolute atomic E-state index is 9.12. The van der Waals surface area contributed by atoms with Gasteiger partial charge in [0.15, 0.2) is 0 Å². The number of hydrogen-bond donors (Lipinski definition) is 1. The molecule has 15 heteroatoms. The average molecular weight is 833 g/mol. The second-order valence-electron chi connectivity index (χ2n) is 14.1. The Labute approximate surface area is 360 Å². The van der Waals surface area contributed by atoms with Crippen LogP contribution >= 0.6 is 0 Å². The van der Waals surface area contributed by atoms with Crippen LogP contribution in [-0.4, -0.2) is 92.7 Å². The SMILES string of the molecule is C#CCN(c1cc(OC)cc(OC)c1)c1ccc2ncc(-c3cnn(C)c3)nc2c1.CCCN(c1cc(OC)cc(OC)c1)c1ccc2ncc(-c3cnn(CCO)c3)nc2c1. The van der Waals surface area contributed by atoms with Crippen LogP contribution in [0.1, 0.15) is 13.3 Å². The number of aliphatic hydroxyl groups is 1. The molecule has 0 spiro atoms. The van der Waals surface area contributed by atoms with Crippen LogP contribution in [0.25, 0.3) is 44.6 Å². The first-order valence-electron chi connectivity index (χ1n) is 19.9. The molecule has 4 heterocycles. The molecule has 0 radical (unpaired) electrons. The normalized spacial score (nSPS) is 10.8. The molecule has 1 N–H and O–H groups in total. The molecule has 0 aliphatic rings. The van der Waals surface area contributed by atoms with Crippen molar-refractivity contribution in [3.05, 3.63) is 110 Å². The summed E-state index contributed by atoms with van der Waals surface area (Å²) in [4.78, 5) is 23.0. The molecule has 8 rings (SSSR count). The quantitative estimate of drug-likeness (QED) is 0.1000. The van der Waals surface area contributed by atoms with Crippen LogP contribution in [0.4, 0.5) is 22.7 Å². The first-order chi connectivity index (χ1) is 30.2. The van der Waals surface area contributed by atoms with Crippen molar-refractivity contribution in [2.75, 3.05) is 57.9 Å². The van der Waals surface area contributed by atoms with Crippen molar-refractivity contribution in [2.45, 2.75) is 19.9 Å².